The zero-order chi connectivity index (χ0) is 7.23. The highest BCUT2D eigenvalue weighted by atomic mass is 16.5. The van der Waals surface area contributed by atoms with Crippen LogP contribution in [-0.2, 0) is 11.2 Å². The van der Waals surface area contributed by atoms with Crippen molar-refractivity contribution in [3.8, 4) is 0 Å². The molecular formula is C5H9N4O. The van der Waals surface area contributed by atoms with E-state index in [-0.39, 0.29) is 0 Å². The van der Waals surface area contributed by atoms with E-state index in [4.69, 9.17) is 4.74 Å². The van der Waals surface area contributed by atoms with E-state index in [1.165, 1.54) is 0 Å². The summed E-state index contributed by atoms with van der Waals surface area (Å²) in [5.74, 6) is 0.744. The van der Waals surface area contributed by atoms with Crippen molar-refractivity contribution >= 4 is 0 Å². The van der Waals surface area contributed by atoms with Gasteiger partial charge in [0.2, 0.25) is 0 Å². The minimum Gasteiger partial charge on any atom is -0.381 e. The molecule has 0 aromatic carbocycles. The standard InChI is InChI=1S/C5H9N4O/c1-2-10-4-3-5-6-8-9-7-5/h1-4H2,(H,6,7,8,9). The van der Waals surface area contributed by atoms with E-state index >= 15 is 0 Å². The Balaban J connectivity index is 2.15. The molecule has 0 saturated heterocycles. The number of nitrogens with one attached hydrogen (secondary N) is 1. The molecule has 1 rings (SSSR count). The molecule has 0 bridgehead atoms. The minimum absolute atomic E-state index is 0.488. The summed E-state index contributed by atoms with van der Waals surface area (Å²) in [6.45, 7) is 4.62. The Hall–Kier alpha value is -0.970. The van der Waals surface area contributed by atoms with E-state index in [1.807, 2.05) is 0 Å². The van der Waals surface area contributed by atoms with Crippen LogP contribution in [0.4, 0.5) is 0 Å². The number of H-pyrrole nitrogens is 1. The summed E-state index contributed by atoms with van der Waals surface area (Å²) in [4.78, 5) is 0. The van der Waals surface area contributed by atoms with Crippen molar-refractivity contribution in [2.45, 2.75) is 6.42 Å². The van der Waals surface area contributed by atoms with Crippen LogP contribution in [0, 0.1) is 6.92 Å². The van der Waals surface area contributed by atoms with Gasteiger partial charge in [-0.15, -0.1) is 5.10 Å². The summed E-state index contributed by atoms with van der Waals surface area (Å²) in [6, 6.07) is 0. The summed E-state index contributed by atoms with van der Waals surface area (Å²) in [7, 11) is 0. The first kappa shape index (κ1) is 7.14. The lowest BCUT2D eigenvalue weighted by molar-refractivity contribution is 0.163. The number of nitrogens with zero attached hydrogens (tertiary/aromatic N) is 3. The fourth-order valence-electron chi connectivity index (χ4n) is 0.556. The van der Waals surface area contributed by atoms with Crippen LogP contribution in [0.25, 0.3) is 0 Å². The van der Waals surface area contributed by atoms with Gasteiger partial charge in [0.05, 0.1) is 6.61 Å². The van der Waals surface area contributed by atoms with Gasteiger partial charge >= 0.3 is 0 Å². The lowest BCUT2D eigenvalue weighted by atomic mass is 10.4. The summed E-state index contributed by atoms with van der Waals surface area (Å²) < 4.78 is 4.98. The van der Waals surface area contributed by atoms with Crippen LogP contribution in [0.2, 0.25) is 0 Å². The Kier molecular flexibility index (Phi) is 2.82. The Morgan fingerprint density at radius 2 is 2.50 bits per heavy atom. The molecule has 1 N–H and O–H groups in total. The van der Waals surface area contributed by atoms with Crippen LogP contribution in [0.5, 0.6) is 0 Å². The number of rotatable bonds is 4. The maximum Gasteiger partial charge on any atom is 0.150 e. The van der Waals surface area contributed by atoms with Crippen molar-refractivity contribution in [3.05, 3.63) is 12.7 Å². The second kappa shape index (κ2) is 3.94. The third-order valence-corrected chi connectivity index (χ3v) is 1.02. The molecule has 0 fully saturated rings. The maximum absolute atomic E-state index is 4.98. The summed E-state index contributed by atoms with van der Waals surface area (Å²) in [5, 5.41) is 13.1. The van der Waals surface area contributed by atoms with E-state index in [0.717, 1.165) is 5.82 Å². The smallest absolute Gasteiger partial charge is 0.150 e. The first-order chi connectivity index (χ1) is 4.93. The normalized spacial score (nSPS) is 10.1. The Labute approximate surface area is 58.8 Å². The van der Waals surface area contributed by atoms with Crippen molar-refractivity contribution < 1.29 is 4.74 Å². The molecule has 0 aliphatic heterocycles. The fraction of sp³-hybridized carbons (Fsp3) is 0.600. The highest BCUT2D eigenvalue weighted by Crippen LogP contribution is 1.85. The Bertz CT molecular complexity index is 162. The molecule has 1 aromatic heterocycles. The van der Waals surface area contributed by atoms with Crippen LogP contribution in [0.15, 0.2) is 0 Å². The van der Waals surface area contributed by atoms with Crippen LogP contribution in [0.3, 0.4) is 0 Å². The summed E-state index contributed by atoms with van der Waals surface area (Å²) in [6.07, 6.45) is 0.711. The van der Waals surface area contributed by atoms with E-state index in [9.17, 15) is 0 Å². The monoisotopic (exact) mass is 141 g/mol. The van der Waals surface area contributed by atoms with E-state index in [2.05, 4.69) is 27.5 Å². The number of tetrazole rings is 1. The number of hydrogen-bond donors (Lipinski definition) is 1. The fourth-order valence-corrected chi connectivity index (χ4v) is 0.556. The van der Waals surface area contributed by atoms with Gasteiger partial charge in [0.25, 0.3) is 0 Å². The maximum atomic E-state index is 4.98. The first-order valence-electron chi connectivity index (χ1n) is 3.03. The molecule has 55 valence electrons. The average molecular weight is 141 g/mol. The van der Waals surface area contributed by atoms with Crippen molar-refractivity contribution in [1.82, 2.24) is 20.6 Å². The molecule has 5 nitrogen and oxygen atoms in total. The van der Waals surface area contributed by atoms with E-state index < -0.39 is 0 Å². The van der Waals surface area contributed by atoms with Gasteiger partial charge in [-0.05, 0) is 17.4 Å². The molecule has 0 saturated carbocycles. The third-order valence-electron chi connectivity index (χ3n) is 1.02. The molecule has 0 amide bonds. The molecule has 1 heterocycles. The topological polar surface area (TPSA) is 63.7 Å². The number of aromatic nitrogens is 4. The molecule has 5 heteroatoms. The predicted molar refractivity (Wildman–Crippen MR) is 34.1 cm³/mol. The lowest BCUT2D eigenvalue weighted by Gasteiger charge is -1.94. The molecule has 1 aromatic rings. The molecule has 0 atom stereocenters. The van der Waals surface area contributed by atoms with Crippen LogP contribution in [0.1, 0.15) is 5.82 Å². The van der Waals surface area contributed by atoms with Gasteiger partial charge in [0, 0.05) is 13.0 Å². The second-order valence-electron chi connectivity index (χ2n) is 1.71. The number of hydrogen-bond acceptors (Lipinski definition) is 4. The predicted octanol–water partition coefficient (Wildman–Crippen LogP) is -0.407. The van der Waals surface area contributed by atoms with E-state index in [0.29, 0.717) is 19.6 Å². The highest BCUT2D eigenvalue weighted by Gasteiger charge is 1.94. The molecule has 1 radical (unpaired) electrons. The van der Waals surface area contributed by atoms with Gasteiger partial charge in [-0.1, -0.05) is 0 Å². The lowest BCUT2D eigenvalue weighted by Crippen LogP contribution is -1.99. The van der Waals surface area contributed by atoms with Gasteiger partial charge in [-0.2, -0.15) is 0 Å². The quantitative estimate of drug-likeness (QED) is 0.579. The van der Waals surface area contributed by atoms with Gasteiger partial charge in [0.15, 0.2) is 5.82 Å². The van der Waals surface area contributed by atoms with Gasteiger partial charge in [0.1, 0.15) is 0 Å². The Morgan fingerprint density at radius 3 is 3.10 bits per heavy atom. The van der Waals surface area contributed by atoms with Crippen molar-refractivity contribution in [1.29, 1.82) is 0 Å². The van der Waals surface area contributed by atoms with Crippen LogP contribution >= 0.6 is 0 Å². The molecule has 10 heavy (non-hydrogen) atoms. The number of aromatic amines is 1. The zero-order valence-electron chi connectivity index (χ0n) is 5.58. The van der Waals surface area contributed by atoms with Gasteiger partial charge < -0.3 is 4.74 Å². The minimum atomic E-state index is 0.488. The number of ether oxygens (including phenoxy) is 1. The van der Waals surface area contributed by atoms with Crippen LogP contribution in [-0.4, -0.2) is 33.8 Å². The second-order valence-corrected chi connectivity index (χ2v) is 1.71. The summed E-state index contributed by atoms with van der Waals surface area (Å²) >= 11 is 0. The van der Waals surface area contributed by atoms with Crippen molar-refractivity contribution in [2.75, 3.05) is 13.2 Å². The van der Waals surface area contributed by atoms with Crippen LogP contribution < -0.4 is 0 Å². The molecule has 0 aliphatic rings. The van der Waals surface area contributed by atoms with Crippen molar-refractivity contribution in [3.63, 3.8) is 0 Å². The van der Waals surface area contributed by atoms with Gasteiger partial charge in [-0.3, -0.25) is 0 Å². The molecule has 0 unspecified atom stereocenters. The Morgan fingerprint density at radius 1 is 1.60 bits per heavy atom. The molecule has 0 spiro atoms. The average Bonchev–Trinajstić information content (AvgIpc) is 2.41. The SMILES string of the molecule is [CH2]COCCc1nnn[nH]1. The highest BCUT2D eigenvalue weighted by molar-refractivity contribution is 4.74. The van der Waals surface area contributed by atoms with E-state index in [1.54, 1.807) is 0 Å². The molecular weight excluding hydrogens is 132 g/mol. The zero-order valence-corrected chi connectivity index (χ0v) is 5.58. The van der Waals surface area contributed by atoms with Crippen molar-refractivity contribution in [2.24, 2.45) is 0 Å². The van der Waals surface area contributed by atoms with Gasteiger partial charge in [-0.25, -0.2) is 5.10 Å². The molecule has 0 aliphatic carbocycles. The largest absolute Gasteiger partial charge is 0.381 e. The summed E-state index contributed by atoms with van der Waals surface area (Å²) in [5.41, 5.74) is 0. The third kappa shape index (κ3) is 2.10. The first-order valence-corrected chi connectivity index (χ1v) is 3.03.